The van der Waals surface area contributed by atoms with Crippen molar-refractivity contribution < 1.29 is 19.4 Å². The maximum Gasteiger partial charge on any atom is 0.335 e. The van der Waals surface area contributed by atoms with Crippen LogP contribution in [0.5, 0.6) is 5.75 Å². The van der Waals surface area contributed by atoms with Gasteiger partial charge in [0.15, 0.2) is 5.82 Å². The van der Waals surface area contributed by atoms with Crippen LogP contribution in [0, 0.1) is 5.92 Å². The molecule has 0 amide bonds. The second kappa shape index (κ2) is 10.8. The van der Waals surface area contributed by atoms with Gasteiger partial charge >= 0.3 is 5.97 Å². The average molecular weight is 572 g/mol. The minimum atomic E-state index is -1.16. The molecule has 1 N–H and O–H groups in total. The van der Waals surface area contributed by atoms with Crippen LogP contribution < -0.4 is 4.74 Å². The fourth-order valence-corrected chi connectivity index (χ4v) is 6.04. The minimum Gasteiger partial charge on any atom is -0.494 e. The number of hydrogen-bond donors (Lipinski definition) is 1. The van der Waals surface area contributed by atoms with Crippen molar-refractivity contribution in [2.45, 2.75) is 58.3 Å². The number of aromatic carboxylic acids is 1. The SMILES string of the molecule is COc1cc(C(=O)O)cc2nc(-c3cc4ccccc4n3CC3CC3)n(Cc3cnn(COCC[Si](C)(C)C)c3)c12. The van der Waals surface area contributed by atoms with E-state index in [-0.39, 0.29) is 5.56 Å². The molecule has 1 fully saturated rings. The third-order valence-corrected chi connectivity index (χ3v) is 9.40. The first-order valence-electron chi connectivity index (χ1n) is 14.2. The zero-order valence-electron chi connectivity index (χ0n) is 24.1. The van der Waals surface area contributed by atoms with Crippen molar-refractivity contribution in [2.24, 2.45) is 5.92 Å². The smallest absolute Gasteiger partial charge is 0.335 e. The van der Waals surface area contributed by atoms with Crippen LogP contribution in [-0.2, 0) is 24.6 Å². The topological polar surface area (TPSA) is 96.3 Å². The van der Waals surface area contributed by atoms with Crippen molar-refractivity contribution in [3.8, 4) is 17.3 Å². The molecule has 5 aromatic rings. The van der Waals surface area contributed by atoms with E-state index in [0.717, 1.165) is 47.2 Å². The van der Waals surface area contributed by atoms with Crippen LogP contribution in [0.25, 0.3) is 33.5 Å². The van der Waals surface area contributed by atoms with Gasteiger partial charge in [0.2, 0.25) is 0 Å². The number of ether oxygens (including phenoxy) is 2. The third-order valence-electron chi connectivity index (χ3n) is 7.70. The quantitative estimate of drug-likeness (QED) is 0.139. The van der Waals surface area contributed by atoms with Crippen molar-refractivity contribution in [3.63, 3.8) is 0 Å². The molecule has 9 nitrogen and oxygen atoms in total. The van der Waals surface area contributed by atoms with E-state index in [2.05, 4.69) is 64.2 Å². The molecule has 6 rings (SSSR count). The lowest BCUT2D eigenvalue weighted by Crippen LogP contribution is -2.22. The molecule has 1 aliphatic rings. The van der Waals surface area contributed by atoms with Gasteiger partial charge in [-0.15, -0.1) is 0 Å². The largest absolute Gasteiger partial charge is 0.494 e. The number of benzene rings is 2. The summed E-state index contributed by atoms with van der Waals surface area (Å²) in [6.45, 7) is 9.58. The van der Waals surface area contributed by atoms with Gasteiger partial charge in [0.1, 0.15) is 18.0 Å². The Morgan fingerprint density at radius 1 is 1.12 bits per heavy atom. The van der Waals surface area contributed by atoms with Crippen molar-refractivity contribution >= 4 is 36.0 Å². The third kappa shape index (κ3) is 5.80. The van der Waals surface area contributed by atoms with Gasteiger partial charge in [0.05, 0.1) is 36.6 Å². The number of rotatable bonds is 12. The maximum absolute atomic E-state index is 11.9. The first-order chi connectivity index (χ1) is 19.7. The molecule has 41 heavy (non-hydrogen) atoms. The number of carboxylic acids is 1. The second-order valence-electron chi connectivity index (χ2n) is 12.3. The molecule has 0 bridgehead atoms. The van der Waals surface area contributed by atoms with Gasteiger partial charge in [0.25, 0.3) is 0 Å². The summed E-state index contributed by atoms with van der Waals surface area (Å²) in [4.78, 5) is 17.0. The number of carboxylic acid groups (broad SMARTS) is 1. The van der Waals surface area contributed by atoms with Gasteiger partial charge in [-0.2, -0.15) is 5.10 Å². The summed E-state index contributed by atoms with van der Waals surface area (Å²) in [6.07, 6.45) is 6.33. The Morgan fingerprint density at radius 2 is 1.93 bits per heavy atom. The van der Waals surface area contributed by atoms with E-state index < -0.39 is 14.0 Å². The summed E-state index contributed by atoms with van der Waals surface area (Å²) in [5, 5.41) is 15.5. The molecular weight excluding hydrogens is 534 g/mol. The molecule has 1 aliphatic carbocycles. The molecule has 0 aliphatic heterocycles. The van der Waals surface area contributed by atoms with E-state index in [1.807, 2.05) is 17.1 Å². The minimum absolute atomic E-state index is 0.146. The van der Waals surface area contributed by atoms with Crippen LogP contribution in [-0.4, -0.2) is 56.8 Å². The fraction of sp³-hybridized carbons (Fsp3) is 0.387. The van der Waals surface area contributed by atoms with E-state index in [9.17, 15) is 9.90 Å². The number of methoxy groups -OCH3 is 1. The standard InChI is InChI=1S/C31H37N5O4Si/c1-39-28-15-24(31(37)38)13-25-29(28)36(19-22-16-32-34(17-22)20-40-11-12-41(2,3)4)30(33-25)27-14-23-7-5-6-8-26(23)35(27)18-21-9-10-21/h5-8,13-17,21H,9-12,18-20H2,1-4H3,(H,37,38). The van der Waals surface area contributed by atoms with E-state index >= 15 is 0 Å². The Morgan fingerprint density at radius 3 is 2.66 bits per heavy atom. The van der Waals surface area contributed by atoms with Crippen LogP contribution in [0.15, 0.2) is 54.9 Å². The predicted molar refractivity (Wildman–Crippen MR) is 162 cm³/mol. The van der Waals surface area contributed by atoms with Crippen LogP contribution in [0.4, 0.5) is 0 Å². The maximum atomic E-state index is 11.9. The highest BCUT2D eigenvalue weighted by molar-refractivity contribution is 6.76. The van der Waals surface area contributed by atoms with Crippen molar-refractivity contribution in [3.05, 3.63) is 66.0 Å². The summed E-state index contributed by atoms with van der Waals surface area (Å²) in [5.74, 6) is 0.900. The van der Waals surface area contributed by atoms with E-state index in [0.29, 0.717) is 30.5 Å². The van der Waals surface area contributed by atoms with E-state index in [4.69, 9.17) is 14.5 Å². The molecule has 0 radical (unpaired) electrons. The lowest BCUT2D eigenvalue weighted by Gasteiger charge is -2.15. The van der Waals surface area contributed by atoms with Crippen molar-refractivity contribution in [1.82, 2.24) is 23.9 Å². The van der Waals surface area contributed by atoms with Crippen molar-refractivity contribution in [1.29, 1.82) is 0 Å². The summed E-state index contributed by atoms with van der Waals surface area (Å²) >= 11 is 0. The first-order valence-corrected chi connectivity index (χ1v) is 17.9. The Balaban J connectivity index is 1.43. The summed E-state index contributed by atoms with van der Waals surface area (Å²) in [7, 11) is 0.409. The van der Waals surface area contributed by atoms with Crippen LogP contribution in [0.3, 0.4) is 0 Å². The summed E-state index contributed by atoms with van der Waals surface area (Å²) < 4.78 is 18.0. The normalized spacial score (nSPS) is 13.9. The van der Waals surface area contributed by atoms with E-state index in [1.54, 1.807) is 19.2 Å². The lowest BCUT2D eigenvalue weighted by molar-refractivity contribution is 0.0696. The molecule has 3 aromatic heterocycles. The molecule has 0 saturated heterocycles. The molecule has 2 aromatic carbocycles. The molecule has 0 spiro atoms. The van der Waals surface area contributed by atoms with Crippen LogP contribution >= 0.6 is 0 Å². The fourth-order valence-electron chi connectivity index (χ4n) is 5.29. The van der Waals surface area contributed by atoms with Gasteiger partial charge in [-0.25, -0.2) is 14.5 Å². The van der Waals surface area contributed by atoms with Gasteiger partial charge < -0.3 is 23.7 Å². The highest BCUT2D eigenvalue weighted by Crippen LogP contribution is 2.38. The van der Waals surface area contributed by atoms with Gasteiger partial charge in [-0.1, -0.05) is 37.8 Å². The molecule has 0 atom stereocenters. The summed E-state index contributed by atoms with van der Waals surface area (Å²) in [5.41, 5.74) is 4.67. The Labute approximate surface area is 240 Å². The number of carbonyl (C=O) groups is 1. The summed E-state index contributed by atoms with van der Waals surface area (Å²) in [6, 6.07) is 14.9. The van der Waals surface area contributed by atoms with Gasteiger partial charge in [-0.3, -0.25) is 0 Å². The van der Waals surface area contributed by atoms with Gasteiger partial charge in [-0.05, 0) is 49.1 Å². The first kappa shape index (κ1) is 27.3. The average Bonchev–Trinajstić information content (AvgIpc) is 3.36. The zero-order valence-corrected chi connectivity index (χ0v) is 25.1. The monoisotopic (exact) mass is 571 g/mol. The molecule has 3 heterocycles. The number of para-hydroxylation sites is 1. The number of hydrogen-bond acceptors (Lipinski definition) is 5. The zero-order chi connectivity index (χ0) is 28.7. The molecular formula is C31H37N5O4Si. The van der Waals surface area contributed by atoms with Crippen molar-refractivity contribution in [2.75, 3.05) is 13.7 Å². The Kier molecular flexibility index (Phi) is 7.21. The lowest BCUT2D eigenvalue weighted by atomic mass is 10.2. The van der Waals surface area contributed by atoms with Crippen LogP contribution in [0.1, 0.15) is 28.8 Å². The highest BCUT2D eigenvalue weighted by atomic mass is 28.3. The van der Waals surface area contributed by atoms with Gasteiger partial charge in [0, 0.05) is 43.9 Å². The second-order valence-corrected chi connectivity index (χ2v) is 17.9. The Bertz CT molecular complexity index is 1720. The van der Waals surface area contributed by atoms with E-state index in [1.165, 1.54) is 18.4 Å². The predicted octanol–water partition coefficient (Wildman–Crippen LogP) is 6.33. The molecule has 10 heteroatoms. The number of nitrogens with zero attached hydrogens (tertiary/aromatic N) is 5. The molecule has 0 unspecified atom stereocenters. The molecule has 214 valence electrons. The van der Waals surface area contributed by atoms with Crippen LogP contribution in [0.2, 0.25) is 25.7 Å². The number of imidazole rings is 1. The highest BCUT2D eigenvalue weighted by Gasteiger charge is 2.27. The molecule has 1 saturated carbocycles. The number of fused-ring (bicyclic) bond motifs is 2. The Hall–Kier alpha value is -3.89. The number of aromatic nitrogens is 5.